The van der Waals surface area contributed by atoms with Crippen molar-refractivity contribution in [2.24, 2.45) is 5.92 Å². The second-order valence-corrected chi connectivity index (χ2v) is 5.73. The molecular weight excluding hydrogens is 264 g/mol. The van der Waals surface area contributed by atoms with Crippen molar-refractivity contribution < 1.29 is 9.53 Å². The first-order valence-corrected chi connectivity index (χ1v) is 7.86. The molecule has 21 heavy (non-hydrogen) atoms. The third-order valence-corrected chi connectivity index (χ3v) is 4.13. The molecule has 1 atom stereocenters. The monoisotopic (exact) mass is 290 g/mol. The van der Waals surface area contributed by atoms with E-state index in [4.69, 9.17) is 4.74 Å². The van der Waals surface area contributed by atoms with E-state index >= 15 is 0 Å². The lowest BCUT2D eigenvalue weighted by atomic mass is 9.93. The van der Waals surface area contributed by atoms with Crippen molar-refractivity contribution in [1.29, 1.82) is 0 Å². The molecule has 0 spiro atoms. The van der Waals surface area contributed by atoms with Gasteiger partial charge in [-0.25, -0.2) is 0 Å². The van der Waals surface area contributed by atoms with Crippen LogP contribution >= 0.6 is 0 Å². The molecule has 4 nitrogen and oxygen atoms in total. The zero-order chi connectivity index (χ0) is 15.1. The van der Waals surface area contributed by atoms with Crippen LogP contribution in [-0.2, 0) is 4.79 Å². The zero-order valence-corrected chi connectivity index (χ0v) is 13.0. The molecule has 4 heteroatoms. The highest BCUT2D eigenvalue weighted by Gasteiger charge is 2.26. The van der Waals surface area contributed by atoms with Crippen molar-refractivity contribution in [1.82, 2.24) is 10.2 Å². The molecule has 1 saturated heterocycles. The zero-order valence-electron chi connectivity index (χ0n) is 13.0. The normalized spacial score (nSPS) is 17.5. The summed E-state index contributed by atoms with van der Waals surface area (Å²) in [6.45, 7) is 4.61. The van der Waals surface area contributed by atoms with Crippen molar-refractivity contribution in [3.63, 3.8) is 0 Å². The van der Waals surface area contributed by atoms with Gasteiger partial charge >= 0.3 is 0 Å². The molecule has 1 aliphatic heterocycles. The van der Waals surface area contributed by atoms with E-state index in [1.165, 1.54) is 6.42 Å². The van der Waals surface area contributed by atoms with Crippen molar-refractivity contribution in [2.45, 2.75) is 32.3 Å². The summed E-state index contributed by atoms with van der Waals surface area (Å²) in [5.74, 6) is 1.60. The predicted octanol–water partition coefficient (Wildman–Crippen LogP) is 2.30. The molecule has 0 aliphatic carbocycles. The number of hydrogen-bond donors (Lipinski definition) is 1. The summed E-state index contributed by atoms with van der Waals surface area (Å²) < 4.78 is 5.72. The van der Waals surface area contributed by atoms with Crippen LogP contribution in [0, 0.1) is 5.92 Å². The van der Waals surface area contributed by atoms with Gasteiger partial charge in [-0.15, -0.1) is 0 Å². The molecule has 2 rings (SSSR count). The van der Waals surface area contributed by atoms with E-state index in [1.54, 1.807) is 0 Å². The summed E-state index contributed by atoms with van der Waals surface area (Å²) in [5, 5.41) is 3.19. The summed E-state index contributed by atoms with van der Waals surface area (Å²) in [4.78, 5) is 14.4. The Kier molecular flexibility index (Phi) is 6.05. The maximum atomic E-state index is 12.4. The number of ether oxygens (including phenoxy) is 1. The largest absolute Gasteiger partial charge is 0.481 e. The maximum absolute atomic E-state index is 12.4. The van der Waals surface area contributed by atoms with E-state index in [0.29, 0.717) is 0 Å². The fourth-order valence-corrected chi connectivity index (χ4v) is 2.80. The van der Waals surface area contributed by atoms with E-state index in [9.17, 15) is 4.79 Å². The van der Waals surface area contributed by atoms with Gasteiger partial charge in [-0.05, 0) is 57.8 Å². The summed E-state index contributed by atoms with van der Waals surface area (Å²) in [7, 11) is 1.99. The summed E-state index contributed by atoms with van der Waals surface area (Å²) >= 11 is 0. The number of nitrogens with one attached hydrogen (secondary N) is 1. The minimum atomic E-state index is -0.416. The highest BCUT2D eigenvalue weighted by molar-refractivity contribution is 5.81. The number of amides is 1. The Hall–Kier alpha value is -1.55. The Morgan fingerprint density at radius 2 is 2.00 bits per heavy atom. The van der Waals surface area contributed by atoms with Crippen LogP contribution in [0.25, 0.3) is 0 Å². The SMILES string of the molecule is CNCCC1CCN(C(=O)C(C)Oc2ccccc2)CC1. The third-order valence-electron chi connectivity index (χ3n) is 4.13. The molecular formula is C17H26N2O2. The van der Waals surface area contributed by atoms with Crippen molar-refractivity contribution in [3.8, 4) is 5.75 Å². The number of para-hydroxylation sites is 1. The number of carbonyl (C=O) groups is 1. The van der Waals surface area contributed by atoms with Gasteiger partial charge in [0.05, 0.1) is 0 Å². The van der Waals surface area contributed by atoms with Crippen LogP contribution in [0.4, 0.5) is 0 Å². The molecule has 1 aromatic carbocycles. The van der Waals surface area contributed by atoms with Crippen molar-refractivity contribution >= 4 is 5.91 Å². The Labute approximate surface area is 127 Å². The molecule has 0 aromatic heterocycles. The highest BCUT2D eigenvalue weighted by atomic mass is 16.5. The Bertz CT molecular complexity index is 428. The van der Waals surface area contributed by atoms with Gasteiger partial charge in [-0.1, -0.05) is 18.2 Å². The first-order valence-electron chi connectivity index (χ1n) is 7.86. The molecule has 0 saturated carbocycles. The Morgan fingerprint density at radius 3 is 2.62 bits per heavy atom. The molecule has 1 aromatic rings. The summed E-state index contributed by atoms with van der Waals surface area (Å²) in [6.07, 6.45) is 2.99. The van der Waals surface area contributed by atoms with Gasteiger partial charge in [0.1, 0.15) is 5.75 Å². The van der Waals surface area contributed by atoms with E-state index < -0.39 is 6.10 Å². The molecule has 116 valence electrons. The number of benzene rings is 1. The van der Waals surface area contributed by atoms with E-state index in [0.717, 1.165) is 44.1 Å². The third kappa shape index (κ3) is 4.74. The van der Waals surface area contributed by atoms with Gasteiger partial charge in [-0.2, -0.15) is 0 Å². The fourth-order valence-electron chi connectivity index (χ4n) is 2.80. The average Bonchev–Trinajstić information content (AvgIpc) is 2.53. The summed E-state index contributed by atoms with van der Waals surface area (Å²) in [6, 6.07) is 9.54. The number of rotatable bonds is 6. The quantitative estimate of drug-likeness (QED) is 0.874. The lowest BCUT2D eigenvalue weighted by Crippen LogP contribution is -2.45. The van der Waals surface area contributed by atoms with Crippen LogP contribution in [0.15, 0.2) is 30.3 Å². The Balaban J connectivity index is 1.78. The second-order valence-electron chi connectivity index (χ2n) is 5.73. The van der Waals surface area contributed by atoms with E-state index in [-0.39, 0.29) is 5.91 Å². The van der Waals surface area contributed by atoms with Gasteiger partial charge < -0.3 is 15.0 Å². The van der Waals surface area contributed by atoms with Crippen LogP contribution in [0.5, 0.6) is 5.75 Å². The number of hydrogen-bond acceptors (Lipinski definition) is 3. The lowest BCUT2D eigenvalue weighted by Gasteiger charge is -2.33. The van der Waals surface area contributed by atoms with Gasteiger partial charge in [0, 0.05) is 13.1 Å². The van der Waals surface area contributed by atoms with Crippen molar-refractivity contribution in [3.05, 3.63) is 30.3 Å². The minimum absolute atomic E-state index is 0.103. The number of piperidine rings is 1. The molecule has 1 amide bonds. The van der Waals surface area contributed by atoms with Gasteiger partial charge in [-0.3, -0.25) is 4.79 Å². The maximum Gasteiger partial charge on any atom is 0.263 e. The minimum Gasteiger partial charge on any atom is -0.481 e. The first kappa shape index (κ1) is 15.8. The van der Waals surface area contributed by atoms with Crippen LogP contribution in [0.3, 0.4) is 0 Å². The van der Waals surface area contributed by atoms with Crippen LogP contribution in [-0.4, -0.2) is 43.6 Å². The van der Waals surface area contributed by atoms with E-state index in [1.807, 2.05) is 49.2 Å². The number of likely N-dealkylation sites (tertiary alicyclic amines) is 1. The fraction of sp³-hybridized carbons (Fsp3) is 0.588. The van der Waals surface area contributed by atoms with Crippen LogP contribution in [0.1, 0.15) is 26.2 Å². The second kappa shape index (κ2) is 8.03. The van der Waals surface area contributed by atoms with Crippen molar-refractivity contribution in [2.75, 3.05) is 26.7 Å². The predicted molar refractivity (Wildman–Crippen MR) is 84.4 cm³/mol. The molecule has 1 fully saturated rings. The first-order chi connectivity index (χ1) is 10.2. The average molecular weight is 290 g/mol. The van der Waals surface area contributed by atoms with Crippen LogP contribution < -0.4 is 10.1 Å². The summed E-state index contributed by atoms with van der Waals surface area (Å²) in [5.41, 5.74) is 0. The van der Waals surface area contributed by atoms with Gasteiger partial charge in [0.15, 0.2) is 6.10 Å². The van der Waals surface area contributed by atoms with Gasteiger partial charge in [0.2, 0.25) is 0 Å². The van der Waals surface area contributed by atoms with Gasteiger partial charge in [0.25, 0.3) is 5.91 Å². The number of nitrogens with zero attached hydrogens (tertiary/aromatic N) is 1. The standard InChI is InChI=1S/C17H26N2O2/c1-14(21-16-6-4-3-5-7-16)17(20)19-12-9-15(10-13-19)8-11-18-2/h3-7,14-15,18H,8-13H2,1-2H3. The number of carbonyl (C=O) groups excluding carboxylic acids is 1. The molecule has 1 heterocycles. The van der Waals surface area contributed by atoms with E-state index in [2.05, 4.69) is 5.32 Å². The molecule has 1 N–H and O–H groups in total. The molecule has 1 aliphatic rings. The Morgan fingerprint density at radius 1 is 1.33 bits per heavy atom. The smallest absolute Gasteiger partial charge is 0.263 e. The molecule has 0 radical (unpaired) electrons. The molecule has 1 unspecified atom stereocenters. The topological polar surface area (TPSA) is 41.6 Å². The highest BCUT2D eigenvalue weighted by Crippen LogP contribution is 2.21. The van der Waals surface area contributed by atoms with Crippen LogP contribution in [0.2, 0.25) is 0 Å². The lowest BCUT2D eigenvalue weighted by molar-refractivity contribution is -0.139. The molecule has 0 bridgehead atoms.